The molecule has 1 unspecified atom stereocenters. The van der Waals surface area contributed by atoms with E-state index in [2.05, 4.69) is 11.3 Å². The molecule has 8 heavy (non-hydrogen) atoms. The van der Waals surface area contributed by atoms with Crippen molar-refractivity contribution < 1.29 is 4.74 Å². The van der Waals surface area contributed by atoms with Gasteiger partial charge in [-0.2, -0.15) is 0 Å². The first kappa shape index (κ1) is 7.24. The molecule has 0 saturated heterocycles. The van der Waals surface area contributed by atoms with Gasteiger partial charge >= 0.3 is 0 Å². The van der Waals surface area contributed by atoms with E-state index in [1.54, 1.807) is 6.08 Å². The summed E-state index contributed by atoms with van der Waals surface area (Å²) in [6, 6.07) is 0.0509. The zero-order valence-electron chi connectivity index (χ0n) is 5.00. The van der Waals surface area contributed by atoms with Gasteiger partial charge in [0.05, 0.1) is 12.5 Å². The van der Waals surface area contributed by atoms with Crippen LogP contribution >= 0.6 is 0 Å². The Kier molecular flexibility index (Phi) is 3.98. The Morgan fingerprint density at radius 3 is 2.75 bits per heavy atom. The third-order valence-electron chi connectivity index (χ3n) is 0.557. The fraction of sp³-hybridized carbons (Fsp3) is 0.333. The van der Waals surface area contributed by atoms with E-state index in [9.17, 15) is 0 Å². The van der Waals surface area contributed by atoms with E-state index in [1.165, 1.54) is 12.5 Å². The molecule has 0 aliphatic carbocycles. The molecule has 1 atom stereocenters. The Bertz CT molecular complexity index is 86.5. The lowest BCUT2D eigenvalue weighted by atomic mass is 10.4. The second kappa shape index (κ2) is 4.40. The van der Waals surface area contributed by atoms with Gasteiger partial charge in [0, 0.05) is 6.04 Å². The van der Waals surface area contributed by atoms with Crippen LogP contribution in [-0.2, 0) is 4.74 Å². The first-order valence-corrected chi connectivity index (χ1v) is 2.46. The number of hydrogen-bond acceptors (Lipinski definition) is 2. The van der Waals surface area contributed by atoms with E-state index in [0.717, 1.165) is 0 Å². The summed E-state index contributed by atoms with van der Waals surface area (Å²) in [5, 5.41) is 0. The highest BCUT2D eigenvalue weighted by Gasteiger charge is 1.79. The molecule has 0 amide bonds. The van der Waals surface area contributed by atoms with Gasteiger partial charge in [-0.1, -0.05) is 6.58 Å². The third kappa shape index (κ3) is 5.24. The molecule has 0 aliphatic rings. The lowest BCUT2D eigenvalue weighted by Crippen LogP contribution is -2.10. The summed E-state index contributed by atoms with van der Waals surface area (Å²) < 4.78 is 4.65. The Labute approximate surface area is 49.6 Å². The SMILES string of the molecule is C=CO/C=C\C(C)N. The van der Waals surface area contributed by atoms with Crippen molar-refractivity contribution in [1.82, 2.24) is 0 Å². The van der Waals surface area contributed by atoms with Crippen LogP contribution in [0.2, 0.25) is 0 Å². The first-order valence-electron chi connectivity index (χ1n) is 2.46. The largest absolute Gasteiger partial charge is 0.474 e. The molecule has 0 aromatic heterocycles. The van der Waals surface area contributed by atoms with E-state index < -0.39 is 0 Å². The van der Waals surface area contributed by atoms with Gasteiger partial charge in [-0.05, 0) is 13.0 Å². The van der Waals surface area contributed by atoms with Crippen LogP contribution < -0.4 is 5.73 Å². The molecule has 0 fully saturated rings. The molecule has 0 rings (SSSR count). The van der Waals surface area contributed by atoms with E-state index in [-0.39, 0.29) is 6.04 Å². The van der Waals surface area contributed by atoms with Crippen LogP contribution in [0.3, 0.4) is 0 Å². The number of hydrogen-bond donors (Lipinski definition) is 1. The van der Waals surface area contributed by atoms with E-state index in [0.29, 0.717) is 0 Å². The molecule has 0 aromatic rings. The molecule has 0 bridgehead atoms. The predicted molar refractivity (Wildman–Crippen MR) is 34.1 cm³/mol. The minimum Gasteiger partial charge on any atom is -0.474 e. The van der Waals surface area contributed by atoms with Crippen molar-refractivity contribution in [2.75, 3.05) is 0 Å². The van der Waals surface area contributed by atoms with Gasteiger partial charge in [0.2, 0.25) is 0 Å². The quantitative estimate of drug-likeness (QED) is 0.554. The highest BCUT2D eigenvalue weighted by molar-refractivity contribution is 4.83. The second-order valence-corrected chi connectivity index (χ2v) is 1.49. The van der Waals surface area contributed by atoms with Crippen molar-refractivity contribution in [2.24, 2.45) is 5.73 Å². The minimum atomic E-state index is 0.0509. The molecule has 0 saturated carbocycles. The zero-order chi connectivity index (χ0) is 6.41. The minimum absolute atomic E-state index is 0.0509. The summed E-state index contributed by atoms with van der Waals surface area (Å²) in [5.74, 6) is 0. The molecule has 0 aromatic carbocycles. The smallest absolute Gasteiger partial charge is 0.0876 e. The average Bonchev–Trinajstić information content (AvgIpc) is 1.66. The van der Waals surface area contributed by atoms with Gasteiger partial charge in [0.15, 0.2) is 0 Å². The van der Waals surface area contributed by atoms with Crippen molar-refractivity contribution in [3.05, 3.63) is 25.2 Å². The normalized spacial score (nSPS) is 13.8. The van der Waals surface area contributed by atoms with Gasteiger partial charge in [-0.3, -0.25) is 0 Å². The molecule has 2 heteroatoms. The van der Waals surface area contributed by atoms with E-state index >= 15 is 0 Å². The van der Waals surface area contributed by atoms with Crippen molar-refractivity contribution in [3.8, 4) is 0 Å². The van der Waals surface area contributed by atoms with Crippen molar-refractivity contribution in [2.45, 2.75) is 13.0 Å². The van der Waals surface area contributed by atoms with Gasteiger partial charge in [0.25, 0.3) is 0 Å². The Morgan fingerprint density at radius 1 is 1.75 bits per heavy atom. The predicted octanol–water partition coefficient (Wildman–Crippen LogP) is 1.01. The Hall–Kier alpha value is -0.760. The monoisotopic (exact) mass is 113 g/mol. The van der Waals surface area contributed by atoms with Gasteiger partial charge in [-0.15, -0.1) is 0 Å². The first-order chi connectivity index (χ1) is 3.77. The van der Waals surface area contributed by atoms with Crippen LogP contribution in [-0.4, -0.2) is 6.04 Å². The summed E-state index contributed by atoms with van der Waals surface area (Å²) in [7, 11) is 0. The molecule has 2 nitrogen and oxygen atoms in total. The van der Waals surface area contributed by atoms with Crippen LogP contribution in [0, 0.1) is 0 Å². The van der Waals surface area contributed by atoms with Crippen LogP contribution in [0.15, 0.2) is 25.2 Å². The average molecular weight is 113 g/mol. The second-order valence-electron chi connectivity index (χ2n) is 1.49. The maximum Gasteiger partial charge on any atom is 0.0876 e. The Balaban J connectivity index is 3.19. The summed E-state index contributed by atoms with van der Waals surface area (Å²) >= 11 is 0. The van der Waals surface area contributed by atoms with Crippen molar-refractivity contribution in [1.29, 1.82) is 0 Å². The van der Waals surface area contributed by atoms with Gasteiger partial charge in [-0.25, -0.2) is 0 Å². The van der Waals surface area contributed by atoms with Crippen LogP contribution in [0.4, 0.5) is 0 Å². The molecule has 0 spiro atoms. The maximum atomic E-state index is 5.33. The lowest BCUT2D eigenvalue weighted by Gasteiger charge is -1.91. The Morgan fingerprint density at radius 2 is 2.38 bits per heavy atom. The fourth-order valence-corrected chi connectivity index (χ4v) is 0.225. The standard InChI is InChI=1S/C6H11NO/c1-3-8-5-4-6(2)7/h3-6H,1,7H2,2H3/b5-4-. The summed E-state index contributed by atoms with van der Waals surface area (Å²) in [6.07, 6.45) is 4.60. The molecule has 2 N–H and O–H groups in total. The zero-order valence-corrected chi connectivity index (χ0v) is 5.00. The molecular weight excluding hydrogens is 102 g/mol. The number of ether oxygens (including phenoxy) is 1. The van der Waals surface area contributed by atoms with Crippen molar-refractivity contribution in [3.63, 3.8) is 0 Å². The fourth-order valence-electron chi connectivity index (χ4n) is 0.225. The highest BCUT2D eigenvalue weighted by atomic mass is 16.5. The molecule has 0 aliphatic heterocycles. The molecule has 0 radical (unpaired) electrons. The van der Waals surface area contributed by atoms with Crippen molar-refractivity contribution >= 4 is 0 Å². The van der Waals surface area contributed by atoms with Gasteiger partial charge < -0.3 is 10.5 Å². The third-order valence-corrected chi connectivity index (χ3v) is 0.557. The molecule has 0 heterocycles. The lowest BCUT2D eigenvalue weighted by molar-refractivity contribution is 0.402. The summed E-state index contributed by atoms with van der Waals surface area (Å²) in [4.78, 5) is 0. The molecular formula is C6H11NO. The number of rotatable bonds is 3. The maximum absolute atomic E-state index is 5.33. The number of nitrogens with two attached hydrogens (primary N) is 1. The summed E-state index contributed by atoms with van der Waals surface area (Å²) in [6.45, 7) is 5.21. The van der Waals surface area contributed by atoms with Gasteiger partial charge in [0.1, 0.15) is 0 Å². The van der Waals surface area contributed by atoms with E-state index in [1.807, 2.05) is 6.92 Å². The van der Waals surface area contributed by atoms with Crippen LogP contribution in [0.5, 0.6) is 0 Å². The highest BCUT2D eigenvalue weighted by Crippen LogP contribution is 1.80. The van der Waals surface area contributed by atoms with Crippen LogP contribution in [0.25, 0.3) is 0 Å². The molecule has 46 valence electrons. The summed E-state index contributed by atoms with van der Waals surface area (Å²) in [5.41, 5.74) is 5.33. The van der Waals surface area contributed by atoms with E-state index in [4.69, 9.17) is 5.73 Å². The van der Waals surface area contributed by atoms with Crippen LogP contribution in [0.1, 0.15) is 6.92 Å². The topological polar surface area (TPSA) is 35.2 Å².